The quantitative estimate of drug-likeness (QED) is 0.601. The van der Waals surface area contributed by atoms with Crippen LogP contribution in [0.25, 0.3) is 0 Å². The lowest BCUT2D eigenvalue weighted by molar-refractivity contribution is 0.101. The molecular formula is C12H14N2O2. The Balaban J connectivity index is 2.66. The number of carbonyl (C=O) groups is 2. The van der Waals surface area contributed by atoms with Gasteiger partial charge in [-0.3, -0.25) is 4.79 Å². The van der Waals surface area contributed by atoms with Crippen LogP contribution >= 0.6 is 0 Å². The molecule has 0 unspecified atom stereocenters. The topological polar surface area (TPSA) is 58.2 Å². The van der Waals surface area contributed by atoms with Gasteiger partial charge in [0.05, 0.1) is 0 Å². The molecule has 0 spiro atoms. The van der Waals surface area contributed by atoms with Crippen LogP contribution in [0.15, 0.2) is 36.9 Å². The Kier molecular flexibility index (Phi) is 4.27. The van der Waals surface area contributed by atoms with Crippen LogP contribution in [0.1, 0.15) is 17.3 Å². The number of benzene rings is 1. The van der Waals surface area contributed by atoms with Crippen molar-refractivity contribution < 1.29 is 9.59 Å². The molecule has 4 heteroatoms. The van der Waals surface area contributed by atoms with Gasteiger partial charge in [0.25, 0.3) is 0 Å². The van der Waals surface area contributed by atoms with E-state index in [4.69, 9.17) is 0 Å². The Labute approximate surface area is 94.4 Å². The second kappa shape index (κ2) is 5.70. The highest BCUT2D eigenvalue weighted by atomic mass is 16.2. The van der Waals surface area contributed by atoms with Crippen molar-refractivity contribution in [3.63, 3.8) is 0 Å². The van der Waals surface area contributed by atoms with Crippen LogP contribution in [0.4, 0.5) is 10.5 Å². The second-order valence-electron chi connectivity index (χ2n) is 3.26. The number of hydrogen-bond donors (Lipinski definition) is 2. The van der Waals surface area contributed by atoms with E-state index in [0.717, 1.165) is 0 Å². The van der Waals surface area contributed by atoms with Gasteiger partial charge in [-0.2, -0.15) is 0 Å². The van der Waals surface area contributed by atoms with Gasteiger partial charge in [0.1, 0.15) is 0 Å². The minimum absolute atomic E-state index is 0.0323. The van der Waals surface area contributed by atoms with Crippen molar-refractivity contribution in [2.24, 2.45) is 0 Å². The van der Waals surface area contributed by atoms with E-state index in [1.54, 1.807) is 30.3 Å². The Morgan fingerprint density at radius 1 is 1.44 bits per heavy atom. The van der Waals surface area contributed by atoms with E-state index in [-0.39, 0.29) is 11.8 Å². The first-order valence-electron chi connectivity index (χ1n) is 4.90. The largest absolute Gasteiger partial charge is 0.334 e. The van der Waals surface area contributed by atoms with E-state index in [2.05, 4.69) is 17.2 Å². The van der Waals surface area contributed by atoms with E-state index in [1.165, 1.54) is 6.92 Å². The monoisotopic (exact) mass is 218 g/mol. The number of ketones is 1. The normalized spacial score (nSPS) is 9.31. The van der Waals surface area contributed by atoms with Crippen LogP contribution in [-0.2, 0) is 0 Å². The molecule has 0 saturated carbocycles. The van der Waals surface area contributed by atoms with Crippen molar-refractivity contribution in [1.82, 2.24) is 5.32 Å². The maximum atomic E-state index is 11.3. The third kappa shape index (κ3) is 3.57. The Bertz CT molecular complexity index is 413. The summed E-state index contributed by atoms with van der Waals surface area (Å²) in [7, 11) is 0. The molecule has 2 N–H and O–H groups in total. The van der Waals surface area contributed by atoms with Crippen LogP contribution in [-0.4, -0.2) is 18.4 Å². The molecule has 0 heterocycles. The number of carbonyl (C=O) groups excluding carboxylic acids is 2. The summed E-state index contributed by atoms with van der Waals surface area (Å²) in [4.78, 5) is 22.4. The lowest BCUT2D eigenvalue weighted by Crippen LogP contribution is -2.28. The Morgan fingerprint density at radius 3 is 2.81 bits per heavy atom. The van der Waals surface area contributed by atoms with Gasteiger partial charge in [-0.15, -0.1) is 6.58 Å². The summed E-state index contributed by atoms with van der Waals surface area (Å²) in [5.74, 6) is -0.0323. The van der Waals surface area contributed by atoms with Crippen molar-refractivity contribution in [3.05, 3.63) is 42.5 Å². The first-order valence-corrected chi connectivity index (χ1v) is 4.90. The minimum Gasteiger partial charge on any atom is -0.334 e. The summed E-state index contributed by atoms with van der Waals surface area (Å²) < 4.78 is 0. The predicted molar refractivity (Wildman–Crippen MR) is 63.7 cm³/mol. The van der Waals surface area contributed by atoms with Crippen molar-refractivity contribution >= 4 is 17.5 Å². The number of amides is 2. The van der Waals surface area contributed by atoms with Gasteiger partial charge in [-0.25, -0.2) is 4.79 Å². The smallest absolute Gasteiger partial charge is 0.319 e. The van der Waals surface area contributed by atoms with E-state index in [0.29, 0.717) is 17.8 Å². The summed E-state index contributed by atoms with van der Waals surface area (Å²) in [5.41, 5.74) is 1.16. The average Bonchev–Trinajstić information content (AvgIpc) is 2.26. The second-order valence-corrected chi connectivity index (χ2v) is 3.26. The van der Waals surface area contributed by atoms with Gasteiger partial charge in [0.15, 0.2) is 5.78 Å². The zero-order valence-electron chi connectivity index (χ0n) is 9.12. The van der Waals surface area contributed by atoms with Crippen LogP contribution in [0.3, 0.4) is 0 Å². The molecule has 4 nitrogen and oxygen atoms in total. The van der Waals surface area contributed by atoms with E-state index in [9.17, 15) is 9.59 Å². The highest BCUT2D eigenvalue weighted by molar-refractivity contribution is 5.96. The molecule has 2 amide bonds. The summed E-state index contributed by atoms with van der Waals surface area (Å²) in [6, 6.07) is 6.46. The predicted octanol–water partition coefficient (Wildman–Crippen LogP) is 2.20. The molecule has 0 radical (unpaired) electrons. The van der Waals surface area contributed by atoms with Crippen molar-refractivity contribution in [1.29, 1.82) is 0 Å². The highest BCUT2D eigenvalue weighted by Crippen LogP contribution is 2.10. The van der Waals surface area contributed by atoms with Crippen LogP contribution in [0, 0.1) is 0 Å². The highest BCUT2D eigenvalue weighted by Gasteiger charge is 2.03. The zero-order valence-corrected chi connectivity index (χ0v) is 9.12. The molecule has 0 aliphatic rings. The molecule has 0 aromatic heterocycles. The molecule has 84 valence electrons. The maximum absolute atomic E-state index is 11.3. The molecule has 0 saturated heterocycles. The van der Waals surface area contributed by atoms with Crippen LogP contribution in [0.5, 0.6) is 0 Å². The molecule has 0 fully saturated rings. The van der Waals surface area contributed by atoms with Gasteiger partial charge >= 0.3 is 6.03 Å². The van der Waals surface area contributed by atoms with Gasteiger partial charge in [0, 0.05) is 17.8 Å². The van der Waals surface area contributed by atoms with Gasteiger partial charge in [-0.1, -0.05) is 18.2 Å². The average molecular weight is 218 g/mol. The Hall–Kier alpha value is -2.10. The van der Waals surface area contributed by atoms with Crippen molar-refractivity contribution in [2.75, 3.05) is 11.9 Å². The fraction of sp³-hybridized carbons (Fsp3) is 0.167. The number of nitrogens with one attached hydrogen (secondary N) is 2. The molecule has 0 bridgehead atoms. The molecule has 1 aromatic rings. The van der Waals surface area contributed by atoms with E-state index in [1.807, 2.05) is 0 Å². The number of urea groups is 1. The molecule has 0 atom stereocenters. The number of rotatable bonds is 4. The molecule has 0 aliphatic carbocycles. The SMILES string of the molecule is C=CCNC(=O)Nc1cccc(C(C)=O)c1. The minimum atomic E-state index is -0.319. The van der Waals surface area contributed by atoms with Crippen molar-refractivity contribution in [2.45, 2.75) is 6.92 Å². The third-order valence-corrected chi connectivity index (χ3v) is 1.93. The Morgan fingerprint density at radius 2 is 2.19 bits per heavy atom. The standard InChI is InChI=1S/C12H14N2O2/c1-3-7-13-12(16)14-11-6-4-5-10(8-11)9(2)15/h3-6,8H,1,7H2,2H3,(H2,13,14,16). The first kappa shape index (κ1) is 12.0. The molecule has 1 rings (SSSR count). The zero-order chi connectivity index (χ0) is 12.0. The van der Waals surface area contributed by atoms with E-state index < -0.39 is 0 Å². The maximum Gasteiger partial charge on any atom is 0.319 e. The number of Topliss-reactive ketones (excluding diaryl/α,β-unsaturated/α-hetero) is 1. The lowest BCUT2D eigenvalue weighted by Gasteiger charge is -2.06. The molecule has 16 heavy (non-hydrogen) atoms. The van der Waals surface area contributed by atoms with Crippen LogP contribution < -0.4 is 10.6 Å². The molecule has 1 aromatic carbocycles. The summed E-state index contributed by atoms with van der Waals surface area (Å²) >= 11 is 0. The summed E-state index contributed by atoms with van der Waals surface area (Å²) in [6.07, 6.45) is 1.59. The fourth-order valence-electron chi connectivity index (χ4n) is 1.16. The fourth-order valence-corrected chi connectivity index (χ4v) is 1.16. The molecule has 0 aliphatic heterocycles. The summed E-state index contributed by atoms with van der Waals surface area (Å²) in [6.45, 7) is 5.37. The number of anilines is 1. The molecular weight excluding hydrogens is 204 g/mol. The first-order chi connectivity index (χ1) is 7.63. The van der Waals surface area contributed by atoms with Gasteiger partial charge < -0.3 is 10.6 Å². The van der Waals surface area contributed by atoms with Gasteiger partial charge in [-0.05, 0) is 19.1 Å². The number of hydrogen-bond acceptors (Lipinski definition) is 2. The van der Waals surface area contributed by atoms with Gasteiger partial charge in [0.2, 0.25) is 0 Å². The lowest BCUT2D eigenvalue weighted by atomic mass is 10.1. The summed E-state index contributed by atoms with van der Waals surface area (Å²) in [5, 5.41) is 5.20. The van der Waals surface area contributed by atoms with Crippen LogP contribution in [0.2, 0.25) is 0 Å². The third-order valence-electron chi connectivity index (χ3n) is 1.93. The van der Waals surface area contributed by atoms with Crippen molar-refractivity contribution in [3.8, 4) is 0 Å². The van der Waals surface area contributed by atoms with E-state index >= 15 is 0 Å².